The van der Waals surface area contributed by atoms with E-state index < -0.39 is 5.97 Å². The molecule has 1 atom stereocenters. The molecule has 1 aliphatic rings. The molecule has 1 aromatic rings. The first kappa shape index (κ1) is 17.5. The van der Waals surface area contributed by atoms with Crippen LogP contribution < -0.4 is 5.32 Å². The zero-order valence-corrected chi connectivity index (χ0v) is 13.9. The van der Waals surface area contributed by atoms with Crippen LogP contribution in [-0.2, 0) is 4.79 Å². The van der Waals surface area contributed by atoms with Crippen molar-refractivity contribution in [3.63, 3.8) is 0 Å². The molecule has 0 spiro atoms. The Morgan fingerprint density at radius 3 is 2.61 bits per heavy atom. The van der Waals surface area contributed by atoms with Crippen LogP contribution in [0.4, 0.5) is 0 Å². The molecule has 1 heterocycles. The lowest BCUT2D eigenvalue weighted by atomic mass is 9.90. The van der Waals surface area contributed by atoms with Gasteiger partial charge in [0.05, 0.1) is 12.1 Å². The molecule has 0 saturated carbocycles. The molecule has 1 amide bonds. The van der Waals surface area contributed by atoms with Gasteiger partial charge in [-0.2, -0.15) is 0 Å². The number of aromatic carboxylic acids is 1. The van der Waals surface area contributed by atoms with Gasteiger partial charge in [-0.3, -0.25) is 9.69 Å². The number of carboxylic acids is 1. The van der Waals surface area contributed by atoms with E-state index in [0.29, 0.717) is 30.5 Å². The summed E-state index contributed by atoms with van der Waals surface area (Å²) in [4.78, 5) is 25.1. The van der Waals surface area contributed by atoms with Crippen molar-refractivity contribution < 1.29 is 14.7 Å². The summed E-state index contributed by atoms with van der Waals surface area (Å²) in [6, 6.07) is 7.12. The predicted octanol–water partition coefficient (Wildman–Crippen LogP) is 2.34. The summed E-state index contributed by atoms with van der Waals surface area (Å²) >= 11 is 0. The molecule has 1 unspecified atom stereocenters. The molecule has 1 fully saturated rings. The molecule has 126 valence electrons. The van der Waals surface area contributed by atoms with E-state index in [1.165, 1.54) is 0 Å². The summed E-state index contributed by atoms with van der Waals surface area (Å²) in [6.07, 6.45) is 2.14. The number of carboxylic acid groups (broad SMARTS) is 1. The average Bonchev–Trinajstić information content (AvgIpc) is 2.53. The summed E-state index contributed by atoms with van der Waals surface area (Å²) in [6.45, 7) is 7.11. The first-order valence-corrected chi connectivity index (χ1v) is 8.28. The summed E-state index contributed by atoms with van der Waals surface area (Å²) in [5.74, 6) is 0.00881. The lowest BCUT2D eigenvalue weighted by Crippen LogP contribution is -2.42. The van der Waals surface area contributed by atoms with E-state index in [4.69, 9.17) is 5.11 Å². The lowest BCUT2D eigenvalue weighted by Gasteiger charge is -2.32. The molecule has 5 heteroatoms. The summed E-state index contributed by atoms with van der Waals surface area (Å²) in [5.41, 5.74) is 1.47. The average molecular weight is 318 g/mol. The van der Waals surface area contributed by atoms with E-state index in [-0.39, 0.29) is 5.91 Å². The second kappa shape index (κ2) is 8.11. The highest BCUT2D eigenvalue weighted by atomic mass is 16.4. The van der Waals surface area contributed by atoms with Gasteiger partial charge in [-0.05, 0) is 48.9 Å². The molecule has 0 radical (unpaired) electrons. The maximum absolute atomic E-state index is 12.0. The van der Waals surface area contributed by atoms with Gasteiger partial charge in [0.25, 0.3) is 0 Å². The van der Waals surface area contributed by atoms with Crippen molar-refractivity contribution in [1.82, 2.24) is 10.2 Å². The van der Waals surface area contributed by atoms with Gasteiger partial charge in [-0.15, -0.1) is 0 Å². The van der Waals surface area contributed by atoms with Crippen LogP contribution in [0.1, 0.15) is 48.5 Å². The van der Waals surface area contributed by atoms with Crippen molar-refractivity contribution in [3.8, 4) is 0 Å². The number of amides is 1. The van der Waals surface area contributed by atoms with Crippen LogP contribution in [0.15, 0.2) is 24.3 Å². The monoisotopic (exact) mass is 318 g/mol. The number of nitrogens with one attached hydrogen (secondary N) is 1. The first-order valence-electron chi connectivity index (χ1n) is 8.28. The van der Waals surface area contributed by atoms with E-state index in [1.54, 1.807) is 12.1 Å². The number of carbonyl (C=O) groups excluding carboxylic acids is 1. The first-order chi connectivity index (χ1) is 11.0. The van der Waals surface area contributed by atoms with Gasteiger partial charge in [-0.25, -0.2) is 4.79 Å². The van der Waals surface area contributed by atoms with Gasteiger partial charge in [0.2, 0.25) is 5.91 Å². The van der Waals surface area contributed by atoms with Gasteiger partial charge in [0.15, 0.2) is 0 Å². The summed E-state index contributed by atoms with van der Waals surface area (Å²) in [7, 11) is 0. The Morgan fingerprint density at radius 1 is 1.30 bits per heavy atom. The molecular formula is C18H26N2O3. The third-order valence-electron chi connectivity index (χ3n) is 4.21. The van der Waals surface area contributed by atoms with Crippen LogP contribution in [0.25, 0.3) is 0 Å². The molecule has 2 rings (SSSR count). The fourth-order valence-corrected chi connectivity index (χ4v) is 2.95. The number of rotatable bonds is 6. The second-order valence-corrected chi connectivity index (χ2v) is 6.70. The van der Waals surface area contributed by atoms with Crippen LogP contribution >= 0.6 is 0 Å². The minimum atomic E-state index is -0.899. The van der Waals surface area contributed by atoms with Crippen molar-refractivity contribution in [2.24, 2.45) is 5.92 Å². The highest BCUT2D eigenvalue weighted by molar-refractivity contribution is 5.87. The SMILES string of the molecule is CC(C)CNC(=O)CN1CCCC(c2ccc(C(=O)O)cc2)C1. The number of piperidine rings is 1. The fourth-order valence-electron chi connectivity index (χ4n) is 2.95. The molecule has 1 saturated heterocycles. The van der Waals surface area contributed by atoms with Gasteiger partial charge >= 0.3 is 5.97 Å². The third kappa shape index (κ3) is 5.36. The topological polar surface area (TPSA) is 69.6 Å². The maximum Gasteiger partial charge on any atom is 0.335 e. The molecular weight excluding hydrogens is 292 g/mol. The van der Waals surface area contributed by atoms with Crippen LogP contribution in [-0.4, -0.2) is 48.1 Å². The van der Waals surface area contributed by atoms with Crippen LogP contribution in [0.3, 0.4) is 0 Å². The van der Waals surface area contributed by atoms with E-state index in [0.717, 1.165) is 31.5 Å². The summed E-state index contributed by atoms with van der Waals surface area (Å²) < 4.78 is 0. The van der Waals surface area contributed by atoms with Crippen molar-refractivity contribution in [3.05, 3.63) is 35.4 Å². The largest absolute Gasteiger partial charge is 0.478 e. The molecule has 0 aliphatic carbocycles. The van der Waals surface area contributed by atoms with Gasteiger partial charge in [0, 0.05) is 13.1 Å². The number of carbonyl (C=O) groups is 2. The van der Waals surface area contributed by atoms with E-state index >= 15 is 0 Å². The van der Waals surface area contributed by atoms with Gasteiger partial charge in [-0.1, -0.05) is 26.0 Å². The van der Waals surface area contributed by atoms with Crippen LogP contribution in [0.2, 0.25) is 0 Å². The van der Waals surface area contributed by atoms with Gasteiger partial charge in [0.1, 0.15) is 0 Å². The zero-order valence-electron chi connectivity index (χ0n) is 13.9. The highest BCUT2D eigenvalue weighted by Gasteiger charge is 2.23. The number of nitrogens with zero attached hydrogens (tertiary/aromatic N) is 1. The minimum Gasteiger partial charge on any atom is -0.478 e. The van der Waals surface area contributed by atoms with E-state index in [2.05, 4.69) is 24.1 Å². The van der Waals surface area contributed by atoms with Crippen molar-refractivity contribution in [2.45, 2.75) is 32.6 Å². The van der Waals surface area contributed by atoms with Crippen LogP contribution in [0.5, 0.6) is 0 Å². The molecule has 23 heavy (non-hydrogen) atoms. The zero-order chi connectivity index (χ0) is 16.8. The standard InChI is InChI=1S/C18H26N2O3/c1-13(2)10-19-17(21)12-20-9-3-4-16(11-20)14-5-7-15(8-6-14)18(22)23/h5-8,13,16H,3-4,9-12H2,1-2H3,(H,19,21)(H,22,23). The fraction of sp³-hybridized carbons (Fsp3) is 0.556. The predicted molar refractivity (Wildman–Crippen MR) is 89.7 cm³/mol. The number of likely N-dealkylation sites (tertiary alicyclic amines) is 1. The van der Waals surface area contributed by atoms with E-state index in [9.17, 15) is 9.59 Å². The smallest absolute Gasteiger partial charge is 0.335 e. The number of hydrogen-bond acceptors (Lipinski definition) is 3. The molecule has 0 aromatic heterocycles. The Morgan fingerprint density at radius 2 is 2.00 bits per heavy atom. The molecule has 0 bridgehead atoms. The highest BCUT2D eigenvalue weighted by Crippen LogP contribution is 2.27. The molecule has 5 nitrogen and oxygen atoms in total. The Labute approximate surface area is 137 Å². The second-order valence-electron chi connectivity index (χ2n) is 6.70. The molecule has 1 aromatic carbocycles. The maximum atomic E-state index is 12.0. The Bertz CT molecular complexity index is 540. The Hall–Kier alpha value is -1.88. The molecule has 2 N–H and O–H groups in total. The number of benzene rings is 1. The van der Waals surface area contributed by atoms with Crippen molar-refractivity contribution in [1.29, 1.82) is 0 Å². The molecule has 1 aliphatic heterocycles. The number of hydrogen-bond donors (Lipinski definition) is 2. The van der Waals surface area contributed by atoms with Crippen molar-refractivity contribution in [2.75, 3.05) is 26.2 Å². The van der Waals surface area contributed by atoms with E-state index in [1.807, 2.05) is 12.1 Å². The quantitative estimate of drug-likeness (QED) is 0.844. The third-order valence-corrected chi connectivity index (χ3v) is 4.21. The minimum absolute atomic E-state index is 0.0839. The van der Waals surface area contributed by atoms with Gasteiger partial charge < -0.3 is 10.4 Å². The normalized spacial score (nSPS) is 18.8. The Kier molecular flexibility index (Phi) is 6.16. The van der Waals surface area contributed by atoms with Crippen LogP contribution in [0, 0.1) is 5.92 Å². The van der Waals surface area contributed by atoms with Crippen molar-refractivity contribution >= 4 is 11.9 Å². The lowest BCUT2D eigenvalue weighted by molar-refractivity contribution is -0.122. The Balaban J connectivity index is 1.90. The summed E-state index contributed by atoms with van der Waals surface area (Å²) in [5, 5.41) is 11.9.